The van der Waals surface area contributed by atoms with Crippen LogP contribution < -0.4 is 0 Å². The van der Waals surface area contributed by atoms with Gasteiger partial charge in [0.25, 0.3) is 0 Å². The Morgan fingerprint density at radius 3 is 2.25 bits per heavy atom. The average molecular weight is 249 g/mol. The van der Waals surface area contributed by atoms with Gasteiger partial charge >= 0.3 is 0 Å². The molecule has 0 fully saturated rings. The van der Waals surface area contributed by atoms with E-state index in [0.29, 0.717) is 0 Å². The van der Waals surface area contributed by atoms with Gasteiger partial charge in [0.2, 0.25) is 0 Å². The van der Waals surface area contributed by atoms with Crippen molar-refractivity contribution in [3.63, 3.8) is 0 Å². The Labute approximate surface area is 103 Å². The van der Waals surface area contributed by atoms with Gasteiger partial charge in [0.05, 0.1) is 6.07 Å². The zero-order chi connectivity index (χ0) is 12.2. The summed E-state index contributed by atoms with van der Waals surface area (Å²) in [4.78, 5) is 0. The summed E-state index contributed by atoms with van der Waals surface area (Å²) >= 11 is 4.83. The molecule has 0 saturated carbocycles. The SMILES string of the molecule is C[Si](C)(C)OC(C#N)c1ccc(C=S)cc1. The Kier molecular flexibility index (Phi) is 4.36. The molecule has 16 heavy (non-hydrogen) atoms. The molecular formula is C12H15NOSSi. The maximum Gasteiger partial charge on any atom is 0.186 e. The van der Waals surface area contributed by atoms with E-state index < -0.39 is 14.4 Å². The van der Waals surface area contributed by atoms with Crippen LogP contribution in [0.3, 0.4) is 0 Å². The Morgan fingerprint density at radius 2 is 1.88 bits per heavy atom. The van der Waals surface area contributed by atoms with Crippen molar-refractivity contribution < 1.29 is 4.43 Å². The lowest BCUT2D eigenvalue weighted by atomic mass is 10.1. The fourth-order valence-corrected chi connectivity index (χ4v) is 2.32. The van der Waals surface area contributed by atoms with E-state index in [1.54, 1.807) is 5.37 Å². The van der Waals surface area contributed by atoms with E-state index in [0.717, 1.165) is 11.1 Å². The van der Waals surface area contributed by atoms with Crippen LogP contribution in [0.2, 0.25) is 19.6 Å². The quantitative estimate of drug-likeness (QED) is 0.605. The van der Waals surface area contributed by atoms with Crippen molar-refractivity contribution >= 4 is 25.9 Å². The lowest BCUT2D eigenvalue weighted by Gasteiger charge is -2.21. The molecule has 1 atom stereocenters. The molecule has 0 bridgehead atoms. The minimum absolute atomic E-state index is 0.467. The van der Waals surface area contributed by atoms with Crippen molar-refractivity contribution in [1.82, 2.24) is 0 Å². The Morgan fingerprint density at radius 1 is 1.31 bits per heavy atom. The molecule has 0 spiro atoms. The maximum atomic E-state index is 9.09. The largest absolute Gasteiger partial charge is 0.399 e. The monoisotopic (exact) mass is 249 g/mol. The number of nitrogens with zero attached hydrogens (tertiary/aromatic N) is 1. The third-order valence-electron chi connectivity index (χ3n) is 1.96. The average Bonchev–Trinajstić information content (AvgIpc) is 2.25. The van der Waals surface area contributed by atoms with Crippen LogP contribution >= 0.6 is 12.2 Å². The summed E-state index contributed by atoms with van der Waals surface area (Å²) in [6, 6.07) is 9.78. The lowest BCUT2D eigenvalue weighted by Crippen LogP contribution is -2.27. The van der Waals surface area contributed by atoms with Crippen LogP contribution in [0, 0.1) is 11.3 Å². The van der Waals surface area contributed by atoms with Gasteiger partial charge in [0.15, 0.2) is 14.4 Å². The van der Waals surface area contributed by atoms with Crippen molar-refractivity contribution in [3.8, 4) is 6.07 Å². The van der Waals surface area contributed by atoms with Gasteiger partial charge in [-0.05, 0) is 30.8 Å². The van der Waals surface area contributed by atoms with E-state index in [4.69, 9.17) is 21.9 Å². The van der Waals surface area contributed by atoms with E-state index in [1.807, 2.05) is 24.3 Å². The fourth-order valence-electron chi connectivity index (χ4n) is 1.27. The predicted molar refractivity (Wildman–Crippen MR) is 72.0 cm³/mol. The van der Waals surface area contributed by atoms with Crippen molar-refractivity contribution in [2.75, 3.05) is 0 Å². The molecule has 0 aliphatic carbocycles. The second-order valence-electron chi connectivity index (χ2n) is 4.52. The topological polar surface area (TPSA) is 33.0 Å². The molecule has 0 saturated heterocycles. The molecule has 2 nitrogen and oxygen atoms in total. The van der Waals surface area contributed by atoms with Crippen LogP contribution in [-0.4, -0.2) is 13.7 Å². The van der Waals surface area contributed by atoms with Gasteiger partial charge in [-0.2, -0.15) is 5.26 Å². The smallest absolute Gasteiger partial charge is 0.186 e. The van der Waals surface area contributed by atoms with Crippen LogP contribution in [0.1, 0.15) is 17.2 Å². The van der Waals surface area contributed by atoms with Crippen LogP contribution in [0.4, 0.5) is 0 Å². The number of nitriles is 1. The van der Waals surface area contributed by atoms with E-state index in [2.05, 4.69) is 25.7 Å². The van der Waals surface area contributed by atoms with E-state index in [-0.39, 0.29) is 0 Å². The normalized spacial score (nSPS) is 12.9. The predicted octanol–water partition coefficient (Wildman–Crippen LogP) is 3.45. The molecule has 0 aliphatic heterocycles. The summed E-state index contributed by atoms with van der Waals surface area (Å²) in [7, 11) is -1.70. The first-order valence-corrected chi connectivity index (χ1v) is 8.97. The van der Waals surface area contributed by atoms with E-state index in [9.17, 15) is 0 Å². The first-order chi connectivity index (χ1) is 7.46. The number of thiocarbonyl (C=S) groups is 1. The molecule has 1 rings (SSSR count). The Hall–Kier alpha value is -1.02. The third-order valence-corrected chi connectivity index (χ3v) is 3.18. The van der Waals surface area contributed by atoms with Gasteiger partial charge < -0.3 is 4.43 Å². The van der Waals surface area contributed by atoms with Crippen molar-refractivity contribution in [2.24, 2.45) is 0 Å². The first kappa shape index (κ1) is 13.0. The van der Waals surface area contributed by atoms with Crippen molar-refractivity contribution in [3.05, 3.63) is 35.4 Å². The highest BCUT2D eigenvalue weighted by molar-refractivity contribution is 7.79. The van der Waals surface area contributed by atoms with Gasteiger partial charge in [0.1, 0.15) is 0 Å². The van der Waals surface area contributed by atoms with Crippen LogP contribution in [-0.2, 0) is 4.43 Å². The molecular weight excluding hydrogens is 234 g/mol. The van der Waals surface area contributed by atoms with Crippen LogP contribution in [0.15, 0.2) is 24.3 Å². The second kappa shape index (κ2) is 5.35. The van der Waals surface area contributed by atoms with Gasteiger partial charge in [-0.3, -0.25) is 0 Å². The van der Waals surface area contributed by atoms with Gasteiger partial charge in [-0.15, -0.1) is 0 Å². The summed E-state index contributed by atoms with van der Waals surface area (Å²) in [6.45, 7) is 6.22. The minimum atomic E-state index is -1.70. The van der Waals surface area contributed by atoms with Gasteiger partial charge in [-0.1, -0.05) is 36.5 Å². The number of benzene rings is 1. The molecule has 0 radical (unpaired) electrons. The molecule has 1 aromatic carbocycles. The highest BCUT2D eigenvalue weighted by atomic mass is 32.1. The lowest BCUT2D eigenvalue weighted by molar-refractivity contribution is 0.255. The molecule has 1 unspecified atom stereocenters. The van der Waals surface area contributed by atoms with Crippen LogP contribution in [0.5, 0.6) is 0 Å². The molecule has 0 amide bonds. The Bertz CT molecular complexity index is 403. The molecule has 0 aromatic heterocycles. The molecule has 84 valence electrons. The molecule has 0 N–H and O–H groups in total. The standard InChI is InChI=1S/C12H15NOSSi/c1-16(2,3)14-12(8-13)11-6-4-10(9-15)5-7-11/h4-7,9,12H,1-3H3. The highest BCUT2D eigenvalue weighted by Gasteiger charge is 2.21. The van der Waals surface area contributed by atoms with Gasteiger partial charge in [0, 0.05) is 5.37 Å². The van der Waals surface area contributed by atoms with E-state index >= 15 is 0 Å². The summed E-state index contributed by atoms with van der Waals surface area (Å²) in [5.74, 6) is 0. The summed E-state index contributed by atoms with van der Waals surface area (Å²) in [6.07, 6.45) is -0.467. The second-order valence-corrected chi connectivity index (χ2v) is 9.22. The van der Waals surface area contributed by atoms with Crippen molar-refractivity contribution in [1.29, 1.82) is 5.26 Å². The summed E-state index contributed by atoms with van der Waals surface area (Å²) in [5.41, 5.74) is 1.87. The Balaban J connectivity index is 2.88. The molecule has 4 heteroatoms. The first-order valence-electron chi connectivity index (χ1n) is 5.09. The van der Waals surface area contributed by atoms with Crippen LogP contribution in [0.25, 0.3) is 0 Å². The third kappa shape index (κ3) is 3.85. The number of hydrogen-bond acceptors (Lipinski definition) is 3. The minimum Gasteiger partial charge on any atom is -0.399 e. The molecule has 0 aliphatic rings. The zero-order valence-electron chi connectivity index (χ0n) is 9.73. The van der Waals surface area contributed by atoms with Gasteiger partial charge in [-0.25, -0.2) is 0 Å². The zero-order valence-corrected chi connectivity index (χ0v) is 11.5. The summed E-state index contributed by atoms with van der Waals surface area (Å²) < 4.78 is 5.79. The fraction of sp³-hybridized carbons (Fsp3) is 0.333. The number of rotatable bonds is 4. The maximum absolute atomic E-state index is 9.09. The molecule has 1 aromatic rings. The highest BCUT2D eigenvalue weighted by Crippen LogP contribution is 2.21. The molecule has 0 heterocycles. The summed E-state index contributed by atoms with van der Waals surface area (Å²) in [5, 5.41) is 10.7. The van der Waals surface area contributed by atoms with Crippen molar-refractivity contribution in [2.45, 2.75) is 25.7 Å². The van der Waals surface area contributed by atoms with E-state index in [1.165, 1.54) is 0 Å². The number of hydrogen-bond donors (Lipinski definition) is 0.